The number of anilines is 1. The van der Waals surface area contributed by atoms with Crippen LogP contribution in [0.3, 0.4) is 0 Å². The van der Waals surface area contributed by atoms with Crippen LogP contribution in [0, 0.1) is 0 Å². The number of carbonyl (C=O) groups is 1. The average molecular weight is 251 g/mol. The van der Waals surface area contributed by atoms with Crippen LogP contribution < -0.4 is 4.90 Å². The van der Waals surface area contributed by atoms with Gasteiger partial charge in [-0.25, -0.2) is 9.78 Å². The maximum Gasteiger partial charge on any atom is 0.355 e. The second kappa shape index (κ2) is 3.81. The number of thiazole rings is 1. The first-order valence-corrected chi connectivity index (χ1v) is 5.92. The highest BCUT2D eigenvalue weighted by Crippen LogP contribution is 2.23. The fraction of sp³-hybridized carbons (Fsp3) is 0.333. The van der Waals surface area contributed by atoms with Crippen molar-refractivity contribution in [3.05, 3.63) is 23.2 Å². The van der Waals surface area contributed by atoms with Crippen molar-refractivity contribution in [2.75, 3.05) is 11.4 Å². The summed E-state index contributed by atoms with van der Waals surface area (Å²) in [6.45, 7) is 2.20. The molecule has 3 rings (SSSR count). The molecule has 0 atom stereocenters. The number of hydrogen-bond acceptors (Lipinski definition) is 6. The Hall–Kier alpha value is -1.96. The average Bonchev–Trinajstić information content (AvgIpc) is 2.97. The first-order valence-electron chi connectivity index (χ1n) is 5.04. The molecule has 0 saturated carbocycles. The lowest BCUT2D eigenvalue weighted by Gasteiger charge is -2.26. The van der Waals surface area contributed by atoms with Gasteiger partial charge in [0.25, 0.3) is 0 Å². The van der Waals surface area contributed by atoms with E-state index in [0.29, 0.717) is 6.54 Å². The fourth-order valence-electron chi connectivity index (χ4n) is 1.74. The van der Waals surface area contributed by atoms with Gasteiger partial charge >= 0.3 is 5.97 Å². The Bertz CT molecular complexity index is 563. The summed E-state index contributed by atoms with van der Waals surface area (Å²) < 4.78 is 1.99. The van der Waals surface area contributed by atoms with Gasteiger partial charge in [-0.15, -0.1) is 21.5 Å². The first-order chi connectivity index (χ1) is 8.24. The Balaban J connectivity index is 1.84. The quantitative estimate of drug-likeness (QED) is 0.834. The molecule has 2 aromatic rings. The zero-order chi connectivity index (χ0) is 11.8. The molecule has 0 fully saturated rings. The zero-order valence-electron chi connectivity index (χ0n) is 8.78. The second-order valence-electron chi connectivity index (χ2n) is 3.68. The number of fused-ring (bicyclic) bond motifs is 1. The Morgan fingerprint density at radius 2 is 2.35 bits per heavy atom. The highest BCUT2D eigenvalue weighted by molar-refractivity contribution is 7.13. The Kier molecular flexibility index (Phi) is 2.29. The molecule has 0 radical (unpaired) electrons. The van der Waals surface area contributed by atoms with E-state index in [9.17, 15) is 4.79 Å². The third-order valence-corrected chi connectivity index (χ3v) is 3.52. The molecule has 0 bridgehead atoms. The SMILES string of the molecule is O=C(O)c1csc(N2CCn3cnnc3C2)n1. The lowest BCUT2D eigenvalue weighted by molar-refractivity contribution is 0.0691. The lowest BCUT2D eigenvalue weighted by Crippen LogP contribution is -2.33. The van der Waals surface area contributed by atoms with Crippen LogP contribution >= 0.6 is 11.3 Å². The standard InChI is InChI=1S/C9H9N5O2S/c15-8(16)6-4-17-9(11-6)13-1-2-14-5-10-12-7(14)3-13/h4-5H,1-3H2,(H,15,16). The number of carboxylic acids is 1. The summed E-state index contributed by atoms with van der Waals surface area (Å²) in [7, 11) is 0. The molecule has 0 aliphatic carbocycles. The predicted molar refractivity (Wildman–Crippen MR) is 60.1 cm³/mol. The van der Waals surface area contributed by atoms with E-state index in [4.69, 9.17) is 5.11 Å². The summed E-state index contributed by atoms with van der Waals surface area (Å²) in [4.78, 5) is 16.8. The number of nitrogens with zero attached hydrogens (tertiary/aromatic N) is 5. The molecule has 1 aliphatic heterocycles. The van der Waals surface area contributed by atoms with Crippen LogP contribution in [0.1, 0.15) is 16.3 Å². The molecule has 1 N–H and O–H groups in total. The molecular weight excluding hydrogens is 242 g/mol. The Morgan fingerprint density at radius 3 is 3.12 bits per heavy atom. The Labute approximate surface area is 100 Å². The van der Waals surface area contributed by atoms with E-state index in [1.165, 1.54) is 11.3 Å². The highest BCUT2D eigenvalue weighted by Gasteiger charge is 2.20. The summed E-state index contributed by atoms with van der Waals surface area (Å²) >= 11 is 1.34. The summed E-state index contributed by atoms with van der Waals surface area (Å²) in [5.41, 5.74) is 0.0945. The molecule has 0 aromatic carbocycles. The van der Waals surface area contributed by atoms with Crippen LogP contribution in [-0.2, 0) is 13.1 Å². The monoisotopic (exact) mass is 251 g/mol. The normalized spacial score (nSPS) is 14.7. The van der Waals surface area contributed by atoms with Crippen molar-refractivity contribution in [1.29, 1.82) is 0 Å². The van der Waals surface area contributed by atoms with E-state index in [1.54, 1.807) is 11.7 Å². The molecule has 17 heavy (non-hydrogen) atoms. The molecule has 0 saturated heterocycles. The van der Waals surface area contributed by atoms with Crippen molar-refractivity contribution in [1.82, 2.24) is 19.7 Å². The van der Waals surface area contributed by atoms with E-state index < -0.39 is 5.97 Å². The number of rotatable bonds is 2. The summed E-state index contributed by atoms with van der Waals surface area (Å²) in [5, 5.41) is 18.9. The largest absolute Gasteiger partial charge is 0.476 e. The molecule has 0 spiro atoms. The van der Waals surface area contributed by atoms with Crippen LogP contribution in [0.4, 0.5) is 5.13 Å². The molecule has 88 valence electrons. The van der Waals surface area contributed by atoms with Gasteiger partial charge in [-0.3, -0.25) is 0 Å². The van der Waals surface area contributed by atoms with Crippen LogP contribution in [0.25, 0.3) is 0 Å². The van der Waals surface area contributed by atoms with E-state index >= 15 is 0 Å². The van der Waals surface area contributed by atoms with E-state index in [0.717, 1.165) is 24.0 Å². The molecule has 8 heteroatoms. The molecule has 2 aromatic heterocycles. The van der Waals surface area contributed by atoms with Crippen LogP contribution in [0.5, 0.6) is 0 Å². The van der Waals surface area contributed by atoms with Crippen molar-refractivity contribution in [3.63, 3.8) is 0 Å². The Morgan fingerprint density at radius 1 is 1.47 bits per heavy atom. The van der Waals surface area contributed by atoms with E-state index in [2.05, 4.69) is 15.2 Å². The van der Waals surface area contributed by atoms with E-state index in [1.807, 2.05) is 9.47 Å². The third-order valence-electron chi connectivity index (χ3n) is 2.62. The minimum absolute atomic E-state index is 0.0945. The van der Waals surface area contributed by atoms with Crippen molar-refractivity contribution >= 4 is 22.4 Å². The van der Waals surface area contributed by atoms with Gasteiger partial charge in [-0.05, 0) is 0 Å². The van der Waals surface area contributed by atoms with Gasteiger partial charge in [0.05, 0.1) is 6.54 Å². The van der Waals surface area contributed by atoms with Gasteiger partial charge in [0.1, 0.15) is 6.33 Å². The third kappa shape index (κ3) is 1.76. The number of aromatic carboxylic acids is 1. The molecule has 7 nitrogen and oxygen atoms in total. The number of hydrogen-bond donors (Lipinski definition) is 1. The summed E-state index contributed by atoms with van der Waals surface area (Å²) in [5.74, 6) is -0.115. The van der Waals surface area contributed by atoms with Gasteiger partial charge in [0.15, 0.2) is 16.6 Å². The van der Waals surface area contributed by atoms with Gasteiger partial charge in [-0.1, -0.05) is 0 Å². The number of carboxylic acid groups (broad SMARTS) is 1. The smallest absolute Gasteiger partial charge is 0.355 e. The minimum Gasteiger partial charge on any atom is -0.476 e. The van der Waals surface area contributed by atoms with Gasteiger partial charge in [0, 0.05) is 18.5 Å². The van der Waals surface area contributed by atoms with Crippen molar-refractivity contribution in [3.8, 4) is 0 Å². The maximum absolute atomic E-state index is 10.8. The van der Waals surface area contributed by atoms with Crippen molar-refractivity contribution < 1.29 is 9.90 Å². The lowest BCUT2D eigenvalue weighted by atomic mass is 10.4. The van der Waals surface area contributed by atoms with Gasteiger partial charge in [0.2, 0.25) is 0 Å². The number of aromatic nitrogens is 4. The molecule has 0 amide bonds. The van der Waals surface area contributed by atoms with Crippen LogP contribution in [0.15, 0.2) is 11.7 Å². The highest BCUT2D eigenvalue weighted by atomic mass is 32.1. The van der Waals surface area contributed by atoms with Crippen LogP contribution in [-0.4, -0.2) is 37.4 Å². The molecule has 1 aliphatic rings. The fourth-order valence-corrected chi connectivity index (χ4v) is 2.56. The zero-order valence-corrected chi connectivity index (χ0v) is 9.59. The van der Waals surface area contributed by atoms with Crippen molar-refractivity contribution in [2.24, 2.45) is 0 Å². The van der Waals surface area contributed by atoms with Gasteiger partial charge in [-0.2, -0.15) is 0 Å². The van der Waals surface area contributed by atoms with Gasteiger partial charge < -0.3 is 14.6 Å². The first kappa shape index (κ1) is 10.2. The molecule has 0 unspecified atom stereocenters. The van der Waals surface area contributed by atoms with Crippen LogP contribution in [0.2, 0.25) is 0 Å². The second-order valence-corrected chi connectivity index (χ2v) is 4.52. The minimum atomic E-state index is -0.993. The van der Waals surface area contributed by atoms with Crippen molar-refractivity contribution in [2.45, 2.75) is 13.1 Å². The topological polar surface area (TPSA) is 84.1 Å². The molecular formula is C9H9N5O2S. The summed E-state index contributed by atoms with van der Waals surface area (Å²) in [6.07, 6.45) is 1.71. The summed E-state index contributed by atoms with van der Waals surface area (Å²) in [6, 6.07) is 0. The van der Waals surface area contributed by atoms with E-state index in [-0.39, 0.29) is 5.69 Å². The maximum atomic E-state index is 10.8. The predicted octanol–water partition coefficient (Wildman–Crippen LogP) is 0.453. The molecule has 3 heterocycles.